The van der Waals surface area contributed by atoms with E-state index in [1.165, 1.54) is 44.1 Å². The molecule has 0 radical (unpaired) electrons. The largest absolute Gasteiger partial charge is 0.348 e. The molecule has 0 unspecified atom stereocenters. The van der Waals surface area contributed by atoms with Crippen molar-refractivity contribution in [1.82, 2.24) is 4.98 Å². The number of aromatic nitrogens is 1. The average Bonchev–Trinajstić information content (AvgIpc) is 3.30. The van der Waals surface area contributed by atoms with Crippen molar-refractivity contribution >= 4 is 70.6 Å². The van der Waals surface area contributed by atoms with Crippen molar-refractivity contribution in [2.24, 2.45) is 0 Å². The molecule has 7 rings (SSSR count). The lowest BCUT2D eigenvalue weighted by molar-refractivity contribution is 1.30. The smallest absolute Gasteiger partial charge is 0.0975 e. The van der Waals surface area contributed by atoms with E-state index in [1.54, 1.807) is 0 Å². The third-order valence-corrected chi connectivity index (χ3v) is 9.34. The van der Waals surface area contributed by atoms with Gasteiger partial charge < -0.3 is 9.88 Å². The Morgan fingerprint density at radius 2 is 1.05 bits per heavy atom. The number of H-pyrrole nitrogens is 1. The Balaban J connectivity index is 1.22. The molecule has 192 valence electrons. The summed E-state index contributed by atoms with van der Waals surface area (Å²) in [7, 11) is 0. The maximum absolute atomic E-state index is 3.64. The van der Waals surface area contributed by atoms with Gasteiger partial charge in [0.2, 0.25) is 0 Å². The second-order valence-electron chi connectivity index (χ2n) is 9.81. The summed E-state index contributed by atoms with van der Waals surface area (Å²) < 4.78 is 2.02. The third-order valence-electron chi connectivity index (χ3n) is 7.39. The molecule has 4 heteroatoms. The molecule has 0 saturated heterocycles. The fourth-order valence-electron chi connectivity index (χ4n) is 5.38. The standard InChI is InChI=1S/C36H24Br2N2/c37-35-32-22-19-28(23-33(32)39-36(35)38)26-15-13-24(14-16-26)25-17-20-30(21-18-25)40(29-9-2-1-3-10-29)34-12-6-8-27-7-4-5-11-31(27)34/h1-23,39H. The van der Waals surface area contributed by atoms with Gasteiger partial charge in [0.1, 0.15) is 0 Å². The van der Waals surface area contributed by atoms with Gasteiger partial charge in [-0.05, 0) is 95.9 Å². The highest BCUT2D eigenvalue weighted by Crippen LogP contribution is 2.39. The van der Waals surface area contributed by atoms with Crippen molar-refractivity contribution in [3.8, 4) is 22.3 Å². The minimum Gasteiger partial charge on any atom is -0.348 e. The number of rotatable bonds is 5. The molecule has 0 aliphatic heterocycles. The molecule has 0 spiro atoms. The highest BCUT2D eigenvalue weighted by atomic mass is 79.9. The Morgan fingerprint density at radius 3 is 1.80 bits per heavy atom. The highest BCUT2D eigenvalue weighted by molar-refractivity contribution is 9.13. The minimum atomic E-state index is 0.963. The molecule has 0 bridgehead atoms. The van der Waals surface area contributed by atoms with Crippen LogP contribution in [-0.4, -0.2) is 4.98 Å². The number of para-hydroxylation sites is 1. The molecule has 1 heterocycles. The van der Waals surface area contributed by atoms with Crippen LogP contribution < -0.4 is 4.90 Å². The van der Waals surface area contributed by atoms with Crippen LogP contribution in [0.3, 0.4) is 0 Å². The molecule has 0 amide bonds. The summed E-state index contributed by atoms with van der Waals surface area (Å²) in [5.74, 6) is 0. The average molecular weight is 644 g/mol. The topological polar surface area (TPSA) is 19.0 Å². The first kappa shape index (κ1) is 24.9. The second kappa shape index (κ2) is 10.5. The summed E-state index contributed by atoms with van der Waals surface area (Å²) in [4.78, 5) is 5.72. The molecule has 2 nitrogen and oxygen atoms in total. The van der Waals surface area contributed by atoms with Crippen molar-refractivity contribution in [3.63, 3.8) is 0 Å². The predicted molar refractivity (Wildman–Crippen MR) is 177 cm³/mol. The molecule has 0 aliphatic carbocycles. The van der Waals surface area contributed by atoms with Gasteiger partial charge >= 0.3 is 0 Å². The van der Waals surface area contributed by atoms with Crippen LogP contribution in [0.2, 0.25) is 0 Å². The van der Waals surface area contributed by atoms with Crippen LogP contribution >= 0.6 is 31.9 Å². The molecular weight excluding hydrogens is 620 g/mol. The van der Waals surface area contributed by atoms with Crippen LogP contribution in [0, 0.1) is 0 Å². The van der Waals surface area contributed by atoms with Gasteiger partial charge in [0.05, 0.1) is 14.8 Å². The van der Waals surface area contributed by atoms with Gasteiger partial charge in [-0.2, -0.15) is 0 Å². The van der Waals surface area contributed by atoms with E-state index in [0.717, 1.165) is 26.0 Å². The van der Waals surface area contributed by atoms with Gasteiger partial charge in [0.25, 0.3) is 0 Å². The molecule has 0 saturated carbocycles. The van der Waals surface area contributed by atoms with Gasteiger partial charge in [-0.1, -0.05) is 103 Å². The van der Waals surface area contributed by atoms with Gasteiger partial charge in [-0.15, -0.1) is 0 Å². The van der Waals surface area contributed by atoms with E-state index >= 15 is 0 Å². The van der Waals surface area contributed by atoms with E-state index in [1.807, 2.05) is 0 Å². The van der Waals surface area contributed by atoms with E-state index in [0.29, 0.717) is 0 Å². The van der Waals surface area contributed by atoms with E-state index in [-0.39, 0.29) is 0 Å². The predicted octanol–water partition coefficient (Wildman–Crippen LogP) is 11.6. The summed E-state index contributed by atoms with van der Waals surface area (Å²) in [5, 5.41) is 3.62. The number of nitrogens with zero attached hydrogens (tertiary/aromatic N) is 1. The zero-order valence-electron chi connectivity index (χ0n) is 21.5. The molecule has 1 N–H and O–H groups in total. The first-order valence-corrected chi connectivity index (χ1v) is 14.7. The summed E-state index contributed by atoms with van der Waals surface area (Å²) in [6.45, 7) is 0. The first-order chi connectivity index (χ1) is 19.7. The number of anilines is 3. The maximum atomic E-state index is 3.64. The Hall–Kier alpha value is -4.12. The molecule has 1 aromatic heterocycles. The summed E-state index contributed by atoms with van der Waals surface area (Å²) in [6.07, 6.45) is 0. The van der Waals surface area contributed by atoms with Gasteiger partial charge in [0.15, 0.2) is 0 Å². The van der Waals surface area contributed by atoms with Crippen LogP contribution in [0.15, 0.2) is 149 Å². The van der Waals surface area contributed by atoms with Crippen molar-refractivity contribution < 1.29 is 0 Å². The fourth-order valence-corrected chi connectivity index (χ4v) is 6.25. The Kier molecular flexibility index (Phi) is 6.51. The summed E-state index contributed by atoms with van der Waals surface area (Å²) >= 11 is 7.21. The lowest BCUT2D eigenvalue weighted by Gasteiger charge is -2.27. The van der Waals surface area contributed by atoms with Gasteiger partial charge in [-0.25, -0.2) is 0 Å². The number of nitrogens with one attached hydrogen (secondary N) is 1. The number of aromatic amines is 1. The molecule has 40 heavy (non-hydrogen) atoms. The van der Waals surface area contributed by atoms with E-state index in [4.69, 9.17) is 0 Å². The van der Waals surface area contributed by atoms with Crippen molar-refractivity contribution in [1.29, 1.82) is 0 Å². The Bertz CT molecular complexity index is 1950. The third kappa shape index (κ3) is 4.53. The highest BCUT2D eigenvalue weighted by Gasteiger charge is 2.15. The zero-order valence-corrected chi connectivity index (χ0v) is 24.7. The molecular formula is C36H24Br2N2. The molecule has 0 fully saturated rings. The fraction of sp³-hybridized carbons (Fsp3) is 0. The van der Waals surface area contributed by atoms with Crippen LogP contribution in [-0.2, 0) is 0 Å². The summed E-state index contributed by atoms with van der Waals surface area (Å²) in [5.41, 5.74) is 9.28. The molecule has 0 aliphatic rings. The number of hydrogen-bond acceptors (Lipinski definition) is 1. The molecule has 6 aromatic carbocycles. The summed E-state index contributed by atoms with van der Waals surface area (Å²) in [6, 6.07) is 49.8. The lowest BCUT2D eigenvalue weighted by atomic mass is 9.99. The SMILES string of the molecule is Brc1[nH]c2cc(-c3ccc(-c4ccc(N(c5ccccc5)c5cccc6ccccc56)cc4)cc3)ccc2c1Br. The number of halogens is 2. The second-order valence-corrected chi connectivity index (χ2v) is 11.4. The number of benzene rings is 6. The zero-order chi connectivity index (χ0) is 27.1. The lowest BCUT2D eigenvalue weighted by Crippen LogP contribution is -2.10. The number of fused-ring (bicyclic) bond motifs is 2. The van der Waals surface area contributed by atoms with E-state index < -0.39 is 0 Å². The van der Waals surface area contributed by atoms with Crippen LogP contribution in [0.1, 0.15) is 0 Å². The monoisotopic (exact) mass is 642 g/mol. The van der Waals surface area contributed by atoms with Crippen molar-refractivity contribution in [2.75, 3.05) is 4.90 Å². The van der Waals surface area contributed by atoms with Crippen molar-refractivity contribution in [3.05, 3.63) is 149 Å². The Morgan fingerprint density at radius 1 is 0.475 bits per heavy atom. The van der Waals surface area contributed by atoms with E-state index in [9.17, 15) is 0 Å². The van der Waals surface area contributed by atoms with Gasteiger partial charge in [-0.3, -0.25) is 0 Å². The normalized spacial score (nSPS) is 11.2. The minimum absolute atomic E-state index is 0.963. The van der Waals surface area contributed by atoms with Crippen LogP contribution in [0.4, 0.5) is 17.1 Å². The van der Waals surface area contributed by atoms with Crippen LogP contribution in [0.5, 0.6) is 0 Å². The van der Waals surface area contributed by atoms with Crippen LogP contribution in [0.25, 0.3) is 43.9 Å². The Labute approximate surface area is 250 Å². The van der Waals surface area contributed by atoms with Crippen molar-refractivity contribution in [2.45, 2.75) is 0 Å². The molecule has 0 atom stereocenters. The van der Waals surface area contributed by atoms with Gasteiger partial charge in [0, 0.05) is 27.7 Å². The maximum Gasteiger partial charge on any atom is 0.0975 e. The first-order valence-electron chi connectivity index (χ1n) is 13.2. The number of hydrogen-bond donors (Lipinski definition) is 1. The molecule has 7 aromatic rings. The quantitative estimate of drug-likeness (QED) is 0.198. The van der Waals surface area contributed by atoms with E-state index in [2.05, 4.69) is 181 Å².